The van der Waals surface area contributed by atoms with Gasteiger partial charge in [0.15, 0.2) is 0 Å². The third-order valence-electron chi connectivity index (χ3n) is 3.63. The molecule has 4 heteroatoms. The van der Waals surface area contributed by atoms with Gasteiger partial charge in [0.2, 0.25) is 0 Å². The van der Waals surface area contributed by atoms with Crippen LogP contribution in [-0.2, 0) is 22.9 Å². The molecule has 1 aromatic heterocycles. The van der Waals surface area contributed by atoms with Crippen LogP contribution in [0, 0.1) is 0 Å². The van der Waals surface area contributed by atoms with Crippen LogP contribution in [0.2, 0.25) is 0 Å². The van der Waals surface area contributed by atoms with Crippen molar-refractivity contribution in [1.82, 2.24) is 9.55 Å². The van der Waals surface area contributed by atoms with E-state index in [1.54, 1.807) is 0 Å². The number of aryl methyl sites for hydroxylation is 1. The summed E-state index contributed by atoms with van der Waals surface area (Å²) >= 11 is 0. The zero-order chi connectivity index (χ0) is 15.3. The molecule has 0 N–H and O–H groups in total. The molecular formula is C17H32N2O2. The molecule has 4 nitrogen and oxygen atoms in total. The van der Waals surface area contributed by atoms with E-state index in [0.717, 1.165) is 38.3 Å². The Morgan fingerprint density at radius 2 is 1.81 bits per heavy atom. The molecule has 21 heavy (non-hydrogen) atoms. The van der Waals surface area contributed by atoms with Gasteiger partial charge >= 0.3 is 0 Å². The molecule has 1 aromatic rings. The minimum Gasteiger partial charge on any atom is -0.379 e. The van der Waals surface area contributed by atoms with E-state index in [1.807, 2.05) is 19.4 Å². The number of imidazole rings is 1. The molecule has 1 unspecified atom stereocenters. The molecule has 0 radical (unpaired) electrons. The van der Waals surface area contributed by atoms with Crippen LogP contribution in [0.3, 0.4) is 0 Å². The second-order valence-electron chi connectivity index (χ2n) is 5.64. The summed E-state index contributed by atoms with van der Waals surface area (Å²) in [4.78, 5) is 4.39. The molecule has 1 atom stereocenters. The number of unbranched alkanes of at least 4 members (excludes halogenated alkanes) is 4. The zero-order valence-corrected chi connectivity index (χ0v) is 14.0. The second kappa shape index (κ2) is 11.8. The Labute approximate surface area is 129 Å². The van der Waals surface area contributed by atoms with Crippen molar-refractivity contribution in [1.29, 1.82) is 0 Å². The summed E-state index contributed by atoms with van der Waals surface area (Å²) in [6, 6.07) is 0. The van der Waals surface area contributed by atoms with Gasteiger partial charge in [-0.3, -0.25) is 0 Å². The molecule has 0 spiro atoms. The van der Waals surface area contributed by atoms with E-state index in [1.165, 1.54) is 25.7 Å². The molecule has 0 aliphatic heterocycles. The number of hydrogen-bond donors (Lipinski definition) is 0. The van der Waals surface area contributed by atoms with Gasteiger partial charge in [-0.15, -0.1) is 0 Å². The minimum atomic E-state index is 0.115. The number of rotatable bonds is 13. The molecule has 0 saturated carbocycles. The summed E-state index contributed by atoms with van der Waals surface area (Å²) in [6.07, 6.45) is 11.9. The van der Waals surface area contributed by atoms with E-state index in [-0.39, 0.29) is 6.10 Å². The molecule has 0 saturated heterocycles. The number of aromatic nitrogens is 2. The standard InChI is InChI=1S/C17H32N2O2/c1-4-6-8-12-20-15-16(21-13-9-7-5-2)14-17-18-10-11-19(17)3/h10-11,16H,4-9,12-15H2,1-3H3. The third-order valence-corrected chi connectivity index (χ3v) is 3.63. The van der Waals surface area contributed by atoms with Crippen LogP contribution in [0.25, 0.3) is 0 Å². The largest absolute Gasteiger partial charge is 0.379 e. The predicted octanol–water partition coefficient (Wildman–Crippen LogP) is 3.74. The first-order valence-corrected chi connectivity index (χ1v) is 8.43. The maximum Gasteiger partial charge on any atom is 0.111 e. The molecule has 0 bridgehead atoms. The van der Waals surface area contributed by atoms with Gasteiger partial charge < -0.3 is 14.0 Å². The predicted molar refractivity (Wildman–Crippen MR) is 86.5 cm³/mol. The Balaban J connectivity index is 2.32. The fraction of sp³-hybridized carbons (Fsp3) is 0.824. The van der Waals surface area contributed by atoms with Gasteiger partial charge in [0.1, 0.15) is 5.82 Å². The van der Waals surface area contributed by atoms with Gasteiger partial charge in [0, 0.05) is 39.1 Å². The van der Waals surface area contributed by atoms with Crippen LogP contribution >= 0.6 is 0 Å². The number of nitrogens with zero attached hydrogens (tertiary/aromatic N) is 2. The van der Waals surface area contributed by atoms with Crippen LogP contribution in [0.1, 0.15) is 58.2 Å². The Bertz CT molecular complexity index is 352. The van der Waals surface area contributed by atoms with E-state index < -0.39 is 0 Å². The van der Waals surface area contributed by atoms with Gasteiger partial charge in [0.05, 0.1) is 12.7 Å². The number of ether oxygens (including phenoxy) is 2. The molecule has 1 rings (SSSR count). The van der Waals surface area contributed by atoms with Crippen LogP contribution < -0.4 is 0 Å². The summed E-state index contributed by atoms with van der Waals surface area (Å²) in [6.45, 7) is 6.75. The summed E-state index contributed by atoms with van der Waals surface area (Å²) in [5.74, 6) is 1.06. The first-order valence-electron chi connectivity index (χ1n) is 8.43. The highest BCUT2D eigenvalue weighted by Gasteiger charge is 2.13. The van der Waals surface area contributed by atoms with E-state index in [9.17, 15) is 0 Å². The maximum absolute atomic E-state index is 6.00. The van der Waals surface area contributed by atoms with Gasteiger partial charge in [-0.2, -0.15) is 0 Å². The van der Waals surface area contributed by atoms with E-state index >= 15 is 0 Å². The highest BCUT2D eigenvalue weighted by Crippen LogP contribution is 2.07. The van der Waals surface area contributed by atoms with Crippen LogP contribution in [0.5, 0.6) is 0 Å². The van der Waals surface area contributed by atoms with Crippen molar-refractivity contribution in [3.05, 3.63) is 18.2 Å². The van der Waals surface area contributed by atoms with Crippen LogP contribution in [0.4, 0.5) is 0 Å². The first-order chi connectivity index (χ1) is 10.3. The summed E-state index contributed by atoms with van der Waals surface area (Å²) < 4.78 is 13.8. The molecular weight excluding hydrogens is 264 g/mol. The smallest absolute Gasteiger partial charge is 0.111 e. The third kappa shape index (κ3) is 8.22. The molecule has 122 valence electrons. The van der Waals surface area contributed by atoms with Gasteiger partial charge in [-0.25, -0.2) is 4.98 Å². The average Bonchev–Trinajstić information content (AvgIpc) is 2.88. The molecule has 0 aliphatic rings. The van der Waals surface area contributed by atoms with Crippen LogP contribution in [-0.4, -0.2) is 35.5 Å². The molecule has 0 fully saturated rings. The van der Waals surface area contributed by atoms with Crippen molar-refractivity contribution in [3.63, 3.8) is 0 Å². The Morgan fingerprint density at radius 1 is 1.10 bits per heavy atom. The lowest BCUT2D eigenvalue weighted by Crippen LogP contribution is -2.25. The topological polar surface area (TPSA) is 36.3 Å². The monoisotopic (exact) mass is 296 g/mol. The Hall–Kier alpha value is -0.870. The van der Waals surface area contributed by atoms with Crippen molar-refractivity contribution < 1.29 is 9.47 Å². The highest BCUT2D eigenvalue weighted by atomic mass is 16.5. The number of hydrogen-bond acceptors (Lipinski definition) is 3. The van der Waals surface area contributed by atoms with Gasteiger partial charge in [-0.1, -0.05) is 39.5 Å². The molecule has 1 heterocycles. The SMILES string of the molecule is CCCCCOCC(Cc1nccn1C)OCCCCC. The van der Waals surface area contributed by atoms with Gasteiger partial charge in [-0.05, 0) is 12.8 Å². The highest BCUT2D eigenvalue weighted by molar-refractivity contribution is 4.93. The fourth-order valence-electron chi connectivity index (χ4n) is 2.23. The lowest BCUT2D eigenvalue weighted by atomic mass is 10.2. The van der Waals surface area contributed by atoms with Crippen LogP contribution in [0.15, 0.2) is 12.4 Å². The molecule has 0 amide bonds. The lowest BCUT2D eigenvalue weighted by molar-refractivity contribution is -0.0190. The van der Waals surface area contributed by atoms with Gasteiger partial charge in [0.25, 0.3) is 0 Å². The fourth-order valence-corrected chi connectivity index (χ4v) is 2.23. The van der Waals surface area contributed by atoms with Crippen molar-refractivity contribution in [2.45, 2.75) is 64.9 Å². The average molecular weight is 296 g/mol. The maximum atomic E-state index is 6.00. The Morgan fingerprint density at radius 3 is 2.43 bits per heavy atom. The summed E-state index contributed by atoms with van der Waals surface area (Å²) in [7, 11) is 2.03. The van der Waals surface area contributed by atoms with E-state index in [4.69, 9.17) is 9.47 Å². The van der Waals surface area contributed by atoms with Crippen molar-refractivity contribution in [3.8, 4) is 0 Å². The minimum absolute atomic E-state index is 0.115. The van der Waals surface area contributed by atoms with Crippen molar-refractivity contribution >= 4 is 0 Å². The lowest BCUT2D eigenvalue weighted by Gasteiger charge is -2.18. The molecule has 0 aromatic carbocycles. The van der Waals surface area contributed by atoms with E-state index in [2.05, 4.69) is 23.4 Å². The Kier molecular flexibility index (Phi) is 10.2. The van der Waals surface area contributed by atoms with Crippen molar-refractivity contribution in [2.75, 3.05) is 19.8 Å². The summed E-state index contributed by atoms with van der Waals surface area (Å²) in [5, 5.41) is 0. The first kappa shape index (κ1) is 18.2. The summed E-state index contributed by atoms with van der Waals surface area (Å²) in [5.41, 5.74) is 0. The zero-order valence-electron chi connectivity index (χ0n) is 14.0. The quantitative estimate of drug-likeness (QED) is 0.520. The normalized spacial score (nSPS) is 12.7. The van der Waals surface area contributed by atoms with Crippen molar-refractivity contribution in [2.24, 2.45) is 7.05 Å². The molecule has 0 aliphatic carbocycles. The second-order valence-corrected chi connectivity index (χ2v) is 5.64. The van der Waals surface area contributed by atoms with E-state index in [0.29, 0.717) is 6.61 Å².